The van der Waals surface area contributed by atoms with E-state index in [0.29, 0.717) is 28.5 Å². The Morgan fingerprint density at radius 1 is 1.05 bits per heavy atom. The van der Waals surface area contributed by atoms with Crippen LogP contribution >= 0.6 is 12.2 Å². The van der Waals surface area contributed by atoms with Gasteiger partial charge in [-0.15, -0.1) is 0 Å². The fourth-order valence-corrected chi connectivity index (χ4v) is 5.34. The van der Waals surface area contributed by atoms with Crippen molar-refractivity contribution >= 4 is 73.8 Å². The first kappa shape index (κ1) is 30.1. The minimum atomic E-state index is -4.26. The zero-order chi connectivity index (χ0) is 27.8. The fraction of sp³-hybridized carbons (Fsp3) is 0.292. The van der Waals surface area contributed by atoms with E-state index in [4.69, 9.17) is 12.2 Å². The number of sulfonamides is 1. The molecule has 0 radical (unpaired) electrons. The van der Waals surface area contributed by atoms with Crippen LogP contribution in [0.1, 0.15) is 51.7 Å². The highest BCUT2D eigenvalue weighted by Gasteiger charge is 2.21. The monoisotopic (exact) mass is 566 g/mol. The van der Waals surface area contributed by atoms with Crippen LogP contribution < -0.4 is 20.7 Å². The highest BCUT2D eigenvalue weighted by Crippen LogP contribution is 2.26. The van der Waals surface area contributed by atoms with Crippen molar-refractivity contribution < 1.29 is 26.8 Å². The molecule has 2 aromatic carbocycles. The van der Waals surface area contributed by atoms with E-state index in [2.05, 4.69) is 20.7 Å². The summed E-state index contributed by atoms with van der Waals surface area (Å²) in [6, 6.07) is 8.98. The van der Waals surface area contributed by atoms with Gasteiger partial charge in [0.1, 0.15) is 0 Å². The topological polar surface area (TPSA) is 154 Å². The minimum Gasteiger partial charge on any atom is -0.360 e. The second kappa shape index (κ2) is 13.4. The van der Waals surface area contributed by atoms with Crippen molar-refractivity contribution in [3.05, 3.63) is 47.5 Å². The van der Waals surface area contributed by atoms with Crippen LogP contribution in [-0.4, -0.2) is 40.1 Å². The molecule has 1 unspecified atom stereocenters. The second-order valence-corrected chi connectivity index (χ2v) is 11.3. The molecule has 0 fully saturated rings. The molecule has 1 atom stereocenters. The lowest BCUT2D eigenvalue weighted by atomic mass is 10.1. The Bertz CT molecular complexity index is 1340. The molecular weight excluding hydrogens is 536 g/mol. The normalized spacial score (nSPS) is 12.3. The molecule has 0 saturated heterocycles. The zero-order valence-corrected chi connectivity index (χ0v) is 23.3. The number of anilines is 2. The fourth-order valence-electron chi connectivity index (χ4n) is 3.18. The molecule has 2 aromatic rings. The smallest absolute Gasteiger partial charge is 0.264 e. The summed E-state index contributed by atoms with van der Waals surface area (Å²) in [5.74, 6) is -0.978. The predicted octanol–water partition coefficient (Wildman–Crippen LogP) is 3.70. The Hall–Kier alpha value is -3.13. The average molecular weight is 567 g/mol. The van der Waals surface area contributed by atoms with Gasteiger partial charge in [-0.3, -0.25) is 9.59 Å². The van der Waals surface area contributed by atoms with Crippen molar-refractivity contribution in [1.29, 1.82) is 0 Å². The van der Waals surface area contributed by atoms with Crippen molar-refractivity contribution in [2.24, 2.45) is 0 Å². The number of rotatable bonds is 10. The van der Waals surface area contributed by atoms with Gasteiger partial charge in [-0.1, -0.05) is 31.2 Å². The summed E-state index contributed by atoms with van der Waals surface area (Å²) in [5, 5.41) is 8.76. The van der Waals surface area contributed by atoms with Crippen molar-refractivity contribution in [3.63, 3.8) is 0 Å². The molecule has 13 heteroatoms. The van der Waals surface area contributed by atoms with Gasteiger partial charge in [-0.25, -0.2) is 17.3 Å². The van der Waals surface area contributed by atoms with Crippen molar-refractivity contribution in [1.82, 2.24) is 10.0 Å². The van der Waals surface area contributed by atoms with Gasteiger partial charge in [0.2, 0.25) is 11.8 Å². The van der Waals surface area contributed by atoms with E-state index in [1.54, 1.807) is 19.1 Å². The van der Waals surface area contributed by atoms with Crippen molar-refractivity contribution in [2.45, 2.75) is 56.4 Å². The Balaban J connectivity index is 2.53. The second-order valence-electron chi connectivity index (χ2n) is 8.30. The van der Waals surface area contributed by atoms with E-state index in [1.807, 2.05) is 13.8 Å². The molecule has 0 aliphatic carbocycles. The zero-order valence-electron chi connectivity index (χ0n) is 20.8. The summed E-state index contributed by atoms with van der Waals surface area (Å²) in [6.07, 6.45) is 3.44. The van der Waals surface area contributed by atoms with Crippen molar-refractivity contribution in [3.8, 4) is 0 Å². The maximum atomic E-state index is 13.1. The number of hydrogen-bond acceptors (Lipinski definition) is 6. The first-order valence-corrected chi connectivity index (χ1v) is 14.3. The number of hydrogen-bond donors (Lipinski definition) is 5. The third-order valence-electron chi connectivity index (χ3n) is 4.67. The Morgan fingerprint density at radius 2 is 1.65 bits per heavy atom. The van der Waals surface area contributed by atoms with Crippen molar-refractivity contribution in [2.75, 3.05) is 10.6 Å². The number of amides is 2. The standard InChI is InChI=1S/C24H30N4O6S3/c1-5-6-23(30)28-37(33,34)22-14-20(27-24(35)25-15(2)3)12-10-18(22)8-7-17-9-11-19(26-16(4)29)13-21(17)36(31)32/h7-15H,5-6H2,1-4H3,(H,26,29)(H,28,30)(H,31,32)(H2,25,27,35)/b8-7+. The van der Waals surface area contributed by atoms with Crippen LogP contribution in [0.5, 0.6) is 0 Å². The van der Waals surface area contributed by atoms with Crippen LogP contribution in [0, 0.1) is 0 Å². The number of carbonyl (C=O) groups is 2. The molecule has 0 bridgehead atoms. The molecule has 0 saturated carbocycles. The lowest BCUT2D eigenvalue weighted by Gasteiger charge is -2.15. The van der Waals surface area contributed by atoms with Gasteiger partial charge in [0, 0.05) is 30.8 Å². The van der Waals surface area contributed by atoms with Crippen LogP contribution in [0.3, 0.4) is 0 Å². The third kappa shape index (κ3) is 9.35. The summed E-state index contributed by atoms with van der Waals surface area (Å²) in [5.41, 5.74) is 1.28. The van der Waals surface area contributed by atoms with E-state index in [9.17, 15) is 26.8 Å². The molecule has 0 aromatic heterocycles. The Morgan fingerprint density at radius 3 is 2.22 bits per heavy atom. The lowest BCUT2D eigenvalue weighted by molar-refractivity contribution is -0.119. The summed E-state index contributed by atoms with van der Waals surface area (Å²) in [4.78, 5) is 23.2. The molecular formula is C24H30N4O6S3. The predicted molar refractivity (Wildman–Crippen MR) is 150 cm³/mol. The SMILES string of the molecule is CCCC(=O)NS(=O)(=O)c1cc(NC(=S)NC(C)C)ccc1/C=C/c1ccc(NC(C)=O)cc1S(=O)O. The van der Waals surface area contributed by atoms with E-state index in [1.165, 1.54) is 43.3 Å². The Labute approximate surface area is 224 Å². The van der Waals surface area contributed by atoms with Gasteiger partial charge in [-0.05, 0) is 67.9 Å². The van der Waals surface area contributed by atoms with Gasteiger partial charge in [0.15, 0.2) is 16.2 Å². The molecule has 5 N–H and O–H groups in total. The lowest BCUT2D eigenvalue weighted by Crippen LogP contribution is -2.34. The molecule has 0 aliphatic heterocycles. The summed E-state index contributed by atoms with van der Waals surface area (Å²) in [6.45, 7) is 6.87. The molecule has 0 spiro atoms. The van der Waals surface area contributed by atoms with Gasteiger partial charge in [-0.2, -0.15) is 0 Å². The highest BCUT2D eigenvalue weighted by molar-refractivity contribution is 7.90. The maximum absolute atomic E-state index is 13.1. The molecule has 37 heavy (non-hydrogen) atoms. The molecule has 2 amide bonds. The van der Waals surface area contributed by atoms with E-state index in [-0.39, 0.29) is 33.7 Å². The van der Waals surface area contributed by atoms with Gasteiger partial charge >= 0.3 is 0 Å². The molecule has 10 nitrogen and oxygen atoms in total. The summed E-state index contributed by atoms with van der Waals surface area (Å²) < 4.78 is 49.9. The summed E-state index contributed by atoms with van der Waals surface area (Å²) in [7, 11) is -4.26. The third-order valence-corrected chi connectivity index (χ3v) is 7.05. The molecule has 0 aliphatic rings. The maximum Gasteiger partial charge on any atom is 0.264 e. The highest BCUT2D eigenvalue weighted by atomic mass is 32.2. The van der Waals surface area contributed by atoms with E-state index >= 15 is 0 Å². The van der Waals surface area contributed by atoms with Gasteiger partial charge < -0.3 is 20.5 Å². The Kier molecular flexibility index (Phi) is 10.9. The van der Waals surface area contributed by atoms with Crippen LogP contribution in [0.4, 0.5) is 11.4 Å². The molecule has 0 heterocycles. The molecule has 200 valence electrons. The van der Waals surface area contributed by atoms with Crippen LogP contribution in [0.2, 0.25) is 0 Å². The molecule has 2 rings (SSSR count). The van der Waals surface area contributed by atoms with E-state index in [0.717, 1.165) is 0 Å². The first-order chi connectivity index (χ1) is 17.3. The quantitative estimate of drug-likeness (QED) is 0.165. The number of nitrogens with one attached hydrogen (secondary N) is 4. The van der Waals surface area contributed by atoms with Crippen LogP contribution in [0.25, 0.3) is 12.2 Å². The number of thiocarbonyl (C=S) groups is 1. The minimum absolute atomic E-state index is 0.0200. The van der Waals surface area contributed by atoms with Crippen LogP contribution in [-0.2, 0) is 30.7 Å². The average Bonchev–Trinajstić information content (AvgIpc) is 2.77. The largest absolute Gasteiger partial charge is 0.360 e. The number of benzene rings is 2. The van der Waals surface area contributed by atoms with Gasteiger partial charge in [0.25, 0.3) is 10.0 Å². The van der Waals surface area contributed by atoms with Crippen LogP contribution in [0.15, 0.2) is 46.2 Å². The number of carbonyl (C=O) groups excluding carboxylic acids is 2. The first-order valence-electron chi connectivity index (χ1n) is 11.3. The summed E-state index contributed by atoms with van der Waals surface area (Å²) >= 11 is 2.86. The van der Waals surface area contributed by atoms with Gasteiger partial charge in [0.05, 0.1) is 9.79 Å². The van der Waals surface area contributed by atoms with E-state index < -0.39 is 27.0 Å².